The number of rotatable bonds is 8. The Hall–Kier alpha value is -3.14. The van der Waals surface area contributed by atoms with Crippen molar-refractivity contribution in [3.8, 4) is 5.75 Å². The molecule has 1 atom stereocenters. The average molecular weight is 505 g/mol. The topological polar surface area (TPSA) is 105 Å². The van der Waals surface area contributed by atoms with Gasteiger partial charge >= 0.3 is 5.97 Å². The van der Waals surface area contributed by atoms with Gasteiger partial charge in [0, 0.05) is 24.1 Å². The molecule has 2 aromatic carbocycles. The number of hydrogen-bond acceptors (Lipinski definition) is 5. The summed E-state index contributed by atoms with van der Waals surface area (Å²) in [5.74, 6) is -2.75. The minimum Gasteiger partial charge on any atom is -0.490 e. The predicted molar refractivity (Wildman–Crippen MR) is 126 cm³/mol. The Balaban J connectivity index is 1.19. The first-order valence-corrected chi connectivity index (χ1v) is 12.4. The molecule has 1 heterocycles. The molecule has 1 saturated carbocycles. The number of halogens is 2. The molecule has 0 spiro atoms. The van der Waals surface area contributed by atoms with Crippen LogP contribution >= 0.6 is 11.8 Å². The maximum Gasteiger partial charge on any atom is 0.306 e. The first-order valence-electron chi connectivity index (χ1n) is 11.5. The van der Waals surface area contributed by atoms with Crippen LogP contribution in [0.2, 0.25) is 0 Å². The molecule has 35 heavy (non-hydrogen) atoms. The number of amides is 2. The molecule has 0 radical (unpaired) electrons. The second-order valence-electron chi connectivity index (χ2n) is 8.68. The van der Waals surface area contributed by atoms with Crippen LogP contribution in [-0.4, -0.2) is 47.3 Å². The highest BCUT2D eigenvalue weighted by atomic mass is 32.2. The van der Waals surface area contributed by atoms with Crippen LogP contribution in [0.4, 0.5) is 8.78 Å². The Morgan fingerprint density at radius 1 is 1.00 bits per heavy atom. The largest absolute Gasteiger partial charge is 0.490 e. The Kier molecular flexibility index (Phi) is 7.90. The fourth-order valence-corrected chi connectivity index (χ4v) is 5.53. The molecule has 0 aromatic heterocycles. The van der Waals surface area contributed by atoms with Gasteiger partial charge in [-0.25, -0.2) is 8.78 Å². The quantitative estimate of drug-likeness (QED) is 0.475. The molecule has 1 fully saturated rings. The number of aliphatic carboxylic acids is 1. The maximum absolute atomic E-state index is 14.5. The summed E-state index contributed by atoms with van der Waals surface area (Å²) in [6.45, 7) is 0.294. The van der Waals surface area contributed by atoms with Crippen molar-refractivity contribution < 1.29 is 33.0 Å². The smallest absolute Gasteiger partial charge is 0.306 e. The first-order chi connectivity index (χ1) is 16.8. The third kappa shape index (κ3) is 6.30. The minimum atomic E-state index is -0.802. The van der Waals surface area contributed by atoms with E-state index in [4.69, 9.17) is 9.84 Å². The monoisotopic (exact) mass is 504 g/mol. The SMILES string of the molecule is O=C(NCCNC(=O)C1Cc2ccc(F)cc2S1)c1ccc(O[C@H]2CC[C@@H](C(=O)O)CC2)cc1F. The number of carbonyl (C=O) groups is 3. The van der Waals surface area contributed by atoms with Crippen molar-refractivity contribution in [2.45, 2.75) is 48.4 Å². The summed E-state index contributed by atoms with van der Waals surface area (Å²) < 4.78 is 33.6. The van der Waals surface area contributed by atoms with Crippen LogP contribution in [0.3, 0.4) is 0 Å². The van der Waals surface area contributed by atoms with Gasteiger partial charge in [-0.05, 0) is 61.9 Å². The normalized spacial score (nSPS) is 21.1. The van der Waals surface area contributed by atoms with E-state index >= 15 is 0 Å². The van der Waals surface area contributed by atoms with E-state index in [2.05, 4.69) is 10.6 Å². The van der Waals surface area contributed by atoms with Crippen LogP contribution in [-0.2, 0) is 16.0 Å². The molecule has 3 N–H and O–H groups in total. The third-order valence-corrected chi connectivity index (χ3v) is 7.52. The molecule has 4 rings (SSSR count). The van der Waals surface area contributed by atoms with Crippen molar-refractivity contribution in [1.29, 1.82) is 0 Å². The lowest BCUT2D eigenvalue weighted by Crippen LogP contribution is -2.38. The van der Waals surface area contributed by atoms with E-state index < -0.39 is 17.7 Å². The number of nitrogens with one attached hydrogen (secondary N) is 2. The molecular formula is C25H26F2N2O5S. The molecule has 0 saturated heterocycles. The van der Waals surface area contributed by atoms with Gasteiger partial charge in [0.15, 0.2) is 0 Å². The molecule has 0 bridgehead atoms. The molecule has 2 aromatic rings. The highest BCUT2D eigenvalue weighted by Gasteiger charge is 2.29. The summed E-state index contributed by atoms with van der Waals surface area (Å²) in [4.78, 5) is 36.5. The molecule has 10 heteroatoms. The van der Waals surface area contributed by atoms with E-state index in [0.29, 0.717) is 37.9 Å². The average Bonchev–Trinajstić information content (AvgIpc) is 3.25. The zero-order chi connectivity index (χ0) is 24.9. The Morgan fingerprint density at radius 3 is 2.46 bits per heavy atom. The van der Waals surface area contributed by atoms with Crippen LogP contribution in [0, 0.1) is 17.6 Å². The van der Waals surface area contributed by atoms with E-state index in [1.807, 2.05) is 0 Å². The van der Waals surface area contributed by atoms with Crippen LogP contribution in [0.5, 0.6) is 5.75 Å². The van der Waals surface area contributed by atoms with Gasteiger partial charge in [0.2, 0.25) is 5.91 Å². The van der Waals surface area contributed by atoms with E-state index in [-0.39, 0.29) is 47.6 Å². The lowest BCUT2D eigenvalue weighted by molar-refractivity contribution is -0.143. The molecule has 1 unspecified atom stereocenters. The van der Waals surface area contributed by atoms with Gasteiger partial charge in [-0.3, -0.25) is 14.4 Å². The Labute approximate surface area is 205 Å². The van der Waals surface area contributed by atoms with Gasteiger partial charge in [0.1, 0.15) is 17.4 Å². The van der Waals surface area contributed by atoms with Crippen molar-refractivity contribution in [3.63, 3.8) is 0 Å². The molecule has 7 nitrogen and oxygen atoms in total. The predicted octanol–water partition coefficient (Wildman–Crippen LogP) is 3.55. The fourth-order valence-electron chi connectivity index (χ4n) is 4.29. The number of fused-ring (bicyclic) bond motifs is 1. The fraction of sp³-hybridized carbons (Fsp3) is 0.400. The number of carboxylic acid groups (broad SMARTS) is 1. The number of carboxylic acids is 1. The Bertz CT molecular complexity index is 1120. The Morgan fingerprint density at radius 2 is 1.74 bits per heavy atom. The van der Waals surface area contributed by atoms with E-state index in [9.17, 15) is 23.2 Å². The van der Waals surface area contributed by atoms with Crippen LogP contribution < -0.4 is 15.4 Å². The summed E-state index contributed by atoms with van der Waals surface area (Å²) in [5.41, 5.74) is 0.794. The van der Waals surface area contributed by atoms with E-state index in [1.165, 1.54) is 36.0 Å². The highest BCUT2D eigenvalue weighted by molar-refractivity contribution is 8.01. The van der Waals surface area contributed by atoms with Crippen LogP contribution in [0.15, 0.2) is 41.3 Å². The number of thioether (sulfide) groups is 1. The number of ether oxygens (including phenoxy) is 1. The van der Waals surface area contributed by atoms with Crippen LogP contribution in [0.1, 0.15) is 41.6 Å². The summed E-state index contributed by atoms with van der Waals surface area (Å²) in [5, 5.41) is 14.0. The molecule has 186 valence electrons. The lowest BCUT2D eigenvalue weighted by atomic mass is 9.87. The van der Waals surface area contributed by atoms with Gasteiger partial charge in [0.05, 0.1) is 22.8 Å². The number of benzene rings is 2. The van der Waals surface area contributed by atoms with Crippen molar-refractivity contribution in [1.82, 2.24) is 10.6 Å². The molecule has 1 aliphatic heterocycles. The summed E-state index contributed by atoms with van der Waals surface area (Å²) in [6.07, 6.45) is 2.52. The molecule has 2 aliphatic rings. The maximum atomic E-state index is 14.5. The van der Waals surface area contributed by atoms with Crippen LogP contribution in [0.25, 0.3) is 0 Å². The first kappa shape index (κ1) is 25.0. The van der Waals surface area contributed by atoms with Crippen molar-refractivity contribution >= 4 is 29.5 Å². The molecule has 1 aliphatic carbocycles. The van der Waals surface area contributed by atoms with Crippen molar-refractivity contribution in [2.75, 3.05) is 13.1 Å². The van der Waals surface area contributed by atoms with Crippen molar-refractivity contribution in [3.05, 3.63) is 59.2 Å². The van der Waals surface area contributed by atoms with Gasteiger partial charge in [-0.15, -0.1) is 11.8 Å². The number of hydrogen-bond donors (Lipinski definition) is 3. The van der Waals surface area contributed by atoms with Gasteiger partial charge in [0.25, 0.3) is 5.91 Å². The zero-order valence-electron chi connectivity index (χ0n) is 18.9. The third-order valence-electron chi connectivity index (χ3n) is 6.22. The second kappa shape index (κ2) is 11.1. The zero-order valence-corrected chi connectivity index (χ0v) is 19.7. The molecule has 2 amide bonds. The lowest BCUT2D eigenvalue weighted by Gasteiger charge is -2.26. The standard InChI is InChI=1S/C25H26F2N2O5S/c26-16-4-1-15-11-22(35-21(15)12-16)24(31)29-10-9-28-23(30)19-8-7-18(13-20(19)27)34-17-5-2-14(3-6-17)25(32)33/h1,4,7-8,12-14,17,22H,2-3,5-6,9-11H2,(H,28,30)(H,29,31)(H,32,33)/t14-,17+,22?. The summed E-state index contributed by atoms with van der Waals surface area (Å²) in [6, 6.07) is 8.48. The highest BCUT2D eigenvalue weighted by Crippen LogP contribution is 2.37. The summed E-state index contributed by atoms with van der Waals surface area (Å²) in [7, 11) is 0. The van der Waals surface area contributed by atoms with Crippen molar-refractivity contribution in [2.24, 2.45) is 5.92 Å². The summed E-state index contributed by atoms with van der Waals surface area (Å²) >= 11 is 1.31. The second-order valence-corrected chi connectivity index (χ2v) is 9.93. The van der Waals surface area contributed by atoms with E-state index in [1.54, 1.807) is 6.07 Å². The minimum absolute atomic E-state index is 0.119. The van der Waals surface area contributed by atoms with Gasteiger partial charge in [-0.2, -0.15) is 0 Å². The molecular weight excluding hydrogens is 478 g/mol. The van der Waals surface area contributed by atoms with E-state index in [0.717, 1.165) is 16.5 Å². The van der Waals surface area contributed by atoms with Gasteiger partial charge in [-0.1, -0.05) is 6.07 Å². The number of carbonyl (C=O) groups excluding carboxylic acids is 2. The van der Waals surface area contributed by atoms with Gasteiger partial charge < -0.3 is 20.5 Å².